The Balaban J connectivity index is 1.92. The van der Waals surface area contributed by atoms with E-state index < -0.39 is 11.2 Å². The number of pyridine rings is 1. The van der Waals surface area contributed by atoms with Gasteiger partial charge < -0.3 is 10.1 Å². The molecule has 0 atom stereocenters. The Morgan fingerprint density at radius 2 is 2.19 bits per heavy atom. The number of methoxy groups -OCH3 is 1. The summed E-state index contributed by atoms with van der Waals surface area (Å²) in [6, 6.07) is 4.65. The third kappa shape index (κ3) is 4.03. The second kappa shape index (κ2) is 6.51. The van der Waals surface area contributed by atoms with Crippen molar-refractivity contribution < 1.29 is 9.53 Å². The van der Waals surface area contributed by atoms with Gasteiger partial charge >= 0.3 is 5.69 Å². The summed E-state index contributed by atoms with van der Waals surface area (Å²) in [4.78, 5) is 40.2. The fourth-order valence-corrected chi connectivity index (χ4v) is 1.62. The van der Waals surface area contributed by atoms with E-state index in [0.29, 0.717) is 5.88 Å². The first-order valence-electron chi connectivity index (χ1n) is 6.14. The first-order valence-corrected chi connectivity index (χ1v) is 6.14. The summed E-state index contributed by atoms with van der Waals surface area (Å²) in [6.45, 7) is 0.118. The molecule has 0 saturated carbocycles. The molecule has 2 N–H and O–H groups in total. The Morgan fingerprint density at radius 1 is 1.38 bits per heavy atom. The maximum absolute atomic E-state index is 11.7. The van der Waals surface area contributed by atoms with Gasteiger partial charge in [0.1, 0.15) is 6.54 Å². The molecule has 0 unspecified atom stereocenters. The van der Waals surface area contributed by atoms with Gasteiger partial charge in [0.15, 0.2) is 0 Å². The molecule has 1 amide bonds. The number of nitrogens with zero attached hydrogens (tertiary/aromatic N) is 2. The number of H-pyrrole nitrogens is 1. The van der Waals surface area contributed by atoms with E-state index in [4.69, 9.17) is 4.74 Å². The van der Waals surface area contributed by atoms with E-state index in [1.807, 2.05) is 0 Å². The summed E-state index contributed by atoms with van der Waals surface area (Å²) in [5.74, 6) is 0.143. The third-order valence-electron chi connectivity index (χ3n) is 2.71. The Hall–Kier alpha value is -2.90. The van der Waals surface area contributed by atoms with Crippen molar-refractivity contribution in [3.05, 3.63) is 57.0 Å². The summed E-state index contributed by atoms with van der Waals surface area (Å²) in [5.41, 5.74) is -0.317. The van der Waals surface area contributed by atoms with E-state index in [1.54, 1.807) is 18.3 Å². The number of carbonyl (C=O) groups excluding carboxylic acids is 1. The van der Waals surface area contributed by atoms with Gasteiger partial charge in [0.2, 0.25) is 11.8 Å². The number of aromatic nitrogens is 3. The normalized spacial score (nSPS) is 10.1. The minimum absolute atomic E-state index is 0.167. The molecule has 2 heterocycles. The van der Waals surface area contributed by atoms with Crippen LogP contribution in [0.4, 0.5) is 0 Å². The lowest BCUT2D eigenvalue weighted by Crippen LogP contribution is -2.35. The van der Waals surface area contributed by atoms with Crippen LogP contribution in [0.1, 0.15) is 5.56 Å². The van der Waals surface area contributed by atoms with Gasteiger partial charge in [-0.05, 0) is 5.56 Å². The molecule has 8 nitrogen and oxygen atoms in total. The van der Waals surface area contributed by atoms with E-state index in [0.717, 1.165) is 10.1 Å². The first kappa shape index (κ1) is 14.5. The summed E-state index contributed by atoms with van der Waals surface area (Å²) in [7, 11) is 1.52. The third-order valence-corrected chi connectivity index (χ3v) is 2.71. The Kier molecular flexibility index (Phi) is 4.50. The molecule has 0 saturated heterocycles. The van der Waals surface area contributed by atoms with Crippen LogP contribution in [0.2, 0.25) is 0 Å². The van der Waals surface area contributed by atoms with E-state index in [9.17, 15) is 14.4 Å². The lowest BCUT2D eigenvalue weighted by atomic mass is 10.3. The van der Waals surface area contributed by atoms with Gasteiger partial charge in [-0.1, -0.05) is 6.07 Å². The second-order valence-electron chi connectivity index (χ2n) is 4.22. The number of amides is 1. The van der Waals surface area contributed by atoms with E-state index >= 15 is 0 Å². The predicted molar refractivity (Wildman–Crippen MR) is 74.0 cm³/mol. The van der Waals surface area contributed by atoms with Crippen LogP contribution < -0.4 is 21.3 Å². The van der Waals surface area contributed by atoms with Crippen LogP contribution >= 0.6 is 0 Å². The van der Waals surface area contributed by atoms with Crippen LogP contribution in [-0.2, 0) is 17.9 Å². The molecule has 0 radical (unpaired) electrons. The molecule has 0 fully saturated rings. The van der Waals surface area contributed by atoms with Gasteiger partial charge in [-0.2, -0.15) is 0 Å². The largest absolute Gasteiger partial charge is 0.481 e. The summed E-state index contributed by atoms with van der Waals surface area (Å²) >= 11 is 0. The smallest absolute Gasteiger partial charge is 0.328 e. The fourth-order valence-electron chi connectivity index (χ4n) is 1.62. The quantitative estimate of drug-likeness (QED) is 0.754. The minimum Gasteiger partial charge on any atom is -0.481 e. The van der Waals surface area contributed by atoms with Gasteiger partial charge in [-0.25, -0.2) is 9.78 Å². The lowest BCUT2D eigenvalue weighted by molar-refractivity contribution is -0.121. The molecule has 0 aliphatic heterocycles. The van der Waals surface area contributed by atoms with Crippen LogP contribution in [0.15, 0.2) is 40.2 Å². The fraction of sp³-hybridized carbons (Fsp3) is 0.231. The topological polar surface area (TPSA) is 106 Å². The maximum Gasteiger partial charge on any atom is 0.328 e. The second-order valence-corrected chi connectivity index (χ2v) is 4.22. The lowest BCUT2D eigenvalue weighted by Gasteiger charge is -2.07. The monoisotopic (exact) mass is 290 g/mol. The Bertz CT molecular complexity index is 733. The number of carbonyl (C=O) groups is 1. The van der Waals surface area contributed by atoms with Crippen molar-refractivity contribution in [1.29, 1.82) is 0 Å². The van der Waals surface area contributed by atoms with Crippen molar-refractivity contribution in [3.8, 4) is 5.88 Å². The highest BCUT2D eigenvalue weighted by molar-refractivity contribution is 5.75. The minimum atomic E-state index is -0.622. The molecule has 2 aromatic heterocycles. The van der Waals surface area contributed by atoms with Crippen LogP contribution in [-0.4, -0.2) is 27.6 Å². The Labute approximate surface area is 119 Å². The van der Waals surface area contributed by atoms with Crippen molar-refractivity contribution in [2.24, 2.45) is 0 Å². The molecule has 2 rings (SSSR count). The van der Waals surface area contributed by atoms with E-state index in [-0.39, 0.29) is 19.0 Å². The zero-order valence-electron chi connectivity index (χ0n) is 11.3. The zero-order chi connectivity index (χ0) is 15.2. The number of rotatable bonds is 5. The van der Waals surface area contributed by atoms with Crippen molar-refractivity contribution in [3.63, 3.8) is 0 Å². The molecular weight excluding hydrogens is 276 g/mol. The average Bonchev–Trinajstić information content (AvgIpc) is 2.48. The molecule has 0 spiro atoms. The SMILES string of the molecule is COc1ccc(CNC(=O)Cn2ccc(=O)[nH]c2=O)cn1. The highest BCUT2D eigenvalue weighted by Gasteiger charge is 2.05. The summed E-state index contributed by atoms with van der Waals surface area (Å²) in [5, 5.41) is 2.66. The number of hydrogen-bond donors (Lipinski definition) is 2. The molecular formula is C13H14N4O4. The Morgan fingerprint density at radius 3 is 2.81 bits per heavy atom. The molecule has 21 heavy (non-hydrogen) atoms. The van der Waals surface area contributed by atoms with Gasteiger partial charge in [0.05, 0.1) is 7.11 Å². The van der Waals surface area contributed by atoms with Gasteiger partial charge in [-0.15, -0.1) is 0 Å². The molecule has 0 aromatic carbocycles. The number of aromatic amines is 1. The standard InChI is InChI=1S/C13H14N4O4/c1-21-12-3-2-9(7-15-12)6-14-11(19)8-17-5-4-10(18)16-13(17)20/h2-5,7H,6,8H2,1H3,(H,14,19)(H,16,18,20). The molecule has 2 aromatic rings. The van der Waals surface area contributed by atoms with Crippen LogP contribution in [0.3, 0.4) is 0 Å². The molecule has 0 bridgehead atoms. The first-order chi connectivity index (χ1) is 10.1. The van der Waals surface area contributed by atoms with E-state index in [1.165, 1.54) is 19.4 Å². The molecule has 0 aliphatic carbocycles. The van der Waals surface area contributed by atoms with Crippen LogP contribution in [0.5, 0.6) is 5.88 Å². The van der Waals surface area contributed by atoms with Crippen molar-refractivity contribution in [2.45, 2.75) is 13.1 Å². The van der Waals surface area contributed by atoms with Crippen LogP contribution in [0.25, 0.3) is 0 Å². The molecule has 0 aliphatic rings. The van der Waals surface area contributed by atoms with Crippen molar-refractivity contribution in [2.75, 3.05) is 7.11 Å². The van der Waals surface area contributed by atoms with Gasteiger partial charge in [0.25, 0.3) is 5.56 Å². The highest BCUT2D eigenvalue weighted by atomic mass is 16.5. The predicted octanol–water partition coefficient (Wildman–Crippen LogP) is -0.743. The van der Waals surface area contributed by atoms with Gasteiger partial charge in [-0.3, -0.25) is 19.1 Å². The average molecular weight is 290 g/mol. The summed E-state index contributed by atoms with van der Waals surface area (Å²) in [6.07, 6.45) is 2.86. The molecule has 8 heteroatoms. The maximum atomic E-state index is 11.7. The number of ether oxygens (including phenoxy) is 1. The van der Waals surface area contributed by atoms with Crippen molar-refractivity contribution in [1.82, 2.24) is 19.9 Å². The number of nitrogens with one attached hydrogen (secondary N) is 2. The number of hydrogen-bond acceptors (Lipinski definition) is 5. The zero-order valence-corrected chi connectivity index (χ0v) is 11.3. The van der Waals surface area contributed by atoms with E-state index in [2.05, 4.69) is 15.3 Å². The molecule has 110 valence electrons. The van der Waals surface area contributed by atoms with Crippen LogP contribution in [0, 0.1) is 0 Å². The van der Waals surface area contributed by atoms with Crippen molar-refractivity contribution >= 4 is 5.91 Å². The highest BCUT2D eigenvalue weighted by Crippen LogP contribution is 2.05. The summed E-state index contributed by atoms with van der Waals surface area (Å²) < 4.78 is 6.05. The van der Waals surface area contributed by atoms with Gasteiger partial charge in [0, 0.05) is 31.1 Å².